The summed E-state index contributed by atoms with van der Waals surface area (Å²) in [5, 5.41) is 0. The third-order valence-electron chi connectivity index (χ3n) is 17.7. The van der Waals surface area contributed by atoms with Crippen LogP contribution in [0.3, 0.4) is 0 Å². The molecular formula is C78H100N10. The maximum absolute atomic E-state index is 2.44. The van der Waals surface area contributed by atoms with Gasteiger partial charge in [-0.25, -0.2) is 0 Å². The Balaban J connectivity index is 0.000000145. The number of benzene rings is 7. The Morgan fingerprint density at radius 1 is 0.273 bits per heavy atom. The zero-order valence-corrected chi connectivity index (χ0v) is 56.0. The first kappa shape index (κ1) is 65.2. The van der Waals surface area contributed by atoms with E-state index in [1.807, 2.05) is 6.07 Å². The molecule has 0 radical (unpaired) electrons. The number of hydrogen-bond donors (Lipinski definition) is 0. The molecule has 88 heavy (non-hydrogen) atoms. The molecule has 10 nitrogen and oxygen atoms in total. The van der Waals surface area contributed by atoms with Crippen molar-refractivity contribution in [3.05, 3.63) is 271 Å². The topological polar surface area (TPSA) is 32.4 Å². The molecule has 0 saturated heterocycles. The van der Waals surface area contributed by atoms with E-state index in [1.165, 1.54) is 78.8 Å². The summed E-state index contributed by atoms with van der Waals surface area (Å²) in [6.45, 7) is 35.5. The maximum atomic E-state index is 2.44. The molecule has 5 aliphatic heterocycles. The van der Waals surface area contributed by atoms with E-state index in [2.05, 4.69) is 400 Å². The lowest BCUT2D eigenvalue weighted by Gasteiger charge is -2.34. The fourth-order valence-corrected chi connectivity index (χ4v) is 12.1. The molecule has 462 valence electrons. The van der Waals surface area contributed by atoms with E-state index in [9.17, 15) is 0 Å². The van der Waals surface area contributed by atoms with Crippen LogP contribution in [-0.2, 0) is 0 Å². The van der Waals surface area contributed by atoms with Crippen LogP contribution in [0.2, 0.25) is 0 Å². The van der Waals surface area contributed by atoms with Crippen molar-refractivity contribution < 1.29 is 0 Å². The van der Waals surface area contributed by atoms with Crippen LogP contribution >= 0.6 is 0 Å². The molecule has 0 aliphatic carbocycles. The molecule has 10 heteroatoms. The smallest absolute Gasteiger partial charge is 0.107 e. The Labute approximate surface area is 530 Å². The minimum atomic E-state index is 0.262. The standard InChI is InChI=1S/C23H30N2.C17H18N2.C14H20N2.2C12H16N2/c1-16(2)20-11-9-12-21(17(3)4)23(20)25-15-14-24(19(25)6)22-13-8-7-10-18(22)5;1-14-8-6-7-11-17(14)19-13-12-18(15(19)2)16-9-4-3-5-10-16;1-11(2)15-9-10-16(13(15)4)14-8-6-5-7-12(14)3;2*1-10-6-4-5-7-12(10)14-9-8-13(3)11(14)2/h7-17,19H,1-6H3;3-13,15H,1-2H3;5-11,13H,1-4H3;2*4-9,11H,1-3H3/t19-;15-;13-;2*11-/m01111/s1. The molecule has 5 aliphatic rings. The average molecular weight is 1180 g/mol. The SMILES string of the molecule is Cc1ccccc1N1C=CN(C(C)C)[C@H]1C.Cc1ccccc1N1C=CN(C)[C@H]1C.Cc1ccccc1N1C=CN(C)[C@H]1C.Cc1ccccc1N1C=CN(c2c(C(C)C)cccc2C(C)C)[C@H]1C.Cc1ccccc1N1C=CN(c2ccccc2)[C@H]1C. The van der Waals surface area contributed by atoms with Crippen LogP contribution in [0.1, 0.15) is 127 Å². The van der Waals surface area contributed by atoms with E-state index >= 15 is 0 Å². The highest BCUT2D eigenvalue weighted by Crippen LogP contribution is 2.40. The molecular weight excluding hydrogens is 1080 g/mol. The molecule has 0 aromatic heterocycles. The van der Waals surface area contributed by atoms with Crippen LogP contribution in [0.15, 0.2) is 232 Å². The Hall–Kier alpha value is -8.76. The van der Waals surface area contributed by atoms with Crippen molar-refractivity contribution in [2.45, 2.75) is 159 Å². The van der Waals surface area contributed by atoms with Crippen molar-refractivity contribution in [3.63, 3.8) is 0 Å². The van der Waals surface area contributed by atoms with Gasteiger partial charge in [0.15, 0.2) is 0 Å². The van der Waals surface area contributed by atoms with Gasteiger partial charge in [0.1, 0.15) is 30.8 Å². The van der Waals surface area contributed by atoms with Gasteiger partial charge in [-0.2, -0.15) is 0 Å². The second-order valence-electron chi connectivity index (χ2n) is 24.7. The number of aryl methyl sites for hydroxylation is 5. The fourth-order valence-electron chi connectivity index (χ4n) is 12.1. The Morgan fingerprint density at radius 2 is 0.557 bits per heavy atom. The van der Waals surface area contributed by atoms with E-state index in [0.717, 1.165) is 0 Å². The van der Waals surface area contributed by atoms with Gasteiger partial charge in [-0.1, -0.05) is 155 Å². The second kappa shape index (κ2) is 29.8. The van der Waals surface area contributed by atoms with Crippen LogP contribution in [0.5, 0.6) is 0 Å². The van der Waals surface area contributed by atoms with E-state index in [0.29, 0.717) is 42.5 Å². The number of rotatable bonds is 10. The first-order valence-electron chi connectivity index (χ1n) is 31.8. The van der Waals surface area contributed by atoms with Gasteiger partial charge >= 0.3 is 0 Å². The Bertz CT molecular complexity index is 3430. The molecule has 0 N–H and O–H groups in total. The summed E-state index contributed by atoms with van der Waals surface area (Å²) in [6.07, 6.45) is 23.4. The lowest BCUT2D eigenvalue weighted by molar-refractivity contribution is 0.263. The number of anilines is 7. The summed E-state index contributed by atoms with van der Waals surface area (Å²) in [5.41, 5.74) is 18.5. The maximum Gasteiger partial charge on any atom is 0.107 e. The van der Waals surface area contributed by atoms with Crippen molar-refractivity contribution in [1.29, 1.82) is 0 Å². The predicted octanol–water partition coefficient (Wildman–Crippen LogP) is 19.0. The highest BCUT2D eigenvalue weighted by molar-refractivity contribution is 5.70. The number of para-hydroxylation sites is 7. The van der Waals surface area contributed by atoms with E-state index in [-0.39, 0.29) is 6.17 Å². The minimum Gasteiger partial charge on any atom is -0.359 e. The summed E-state index contributed by atoms with van der Waals surface area (Å²) in [6, 6.07) is 60.4. The minimum absolute atomic E-state index is 0.262. The van der Waals surface area contributed by atoms with Gasteiger partial charge in [0.25, 0.3) is 0 Å². The number of hydrogen-bond acceptors (Lipinski definition) is 10. The Morgan fingerprint density at radius 3 is 0.875 bits per heavy atom. The van der Waals surface area contributed by atoms with E-state index < -0.39 is 0 Å². The lowest BCUT2D eigenvalue weighted by atomic mass is 9.92. The molecule has 0 unspecified atom stereocenters. The van der Waals surface area contributed by atoms with Crippen molar-refractivity contribution in [2.24, 2.45) is 0 Å². The van der Waals surface area contributed by atoms with Crippen molar-refractivity contribution >= 4 is 39.8 Å². The molecule has 0 bridgehead atoms. The van der Waals surface area contributed by atoms with Gasteiger partial charge in [0.05, 0.1) is 0 Å². The number of nitrogens with zero attached hydrogens (tertiary/aromatic N) is 10. The van der Waals surface area contributed by atoms with Crippen LogP contribution in [-0.4, -0.2) is 65.7 Å². The Kier molecular flexibility index (Phi) is 22.1. The van der Waals surface area contributed by atoms with Gasteiger partial charge in [0.2, 0.25) is 0 Å². The normalized spacial score (nSPS) is 19.0. The van der Waals surface area contributed by atoms with Crippen molar-refractivity contribution in [3.8, 4) is 0 Å². The van der Waals surface area contributed by atoms with Crippen molar-refractivity contribution in [1.82, 2.24) is 14.7 Å². The molecule has 7 aromatic rings. The molecule has 5 atom stereocenters. The van der Waals surface area contributed by atoms with Crippen LogP contribution in [0.25, 0.3) is 0 Å². The fraction of sp³-hybridized carbons (Fsp3) is 0.333. The summed E-state index contributed by atoms with van der Waals surface area (Å²) in [4.78, 5) is 23.1. The summed E-state index contributed by atoms with van der Waals surface area (Å²) >= 11 is 0. The molecule has 7 aromatic carbocycles. The quantitative estimate of drug-likeness (QED) is 0.132. The van der Waals surface area contributed by atoms with E-state index in [4.69, 9.17) is 0 Å². The highest BCUT2D eigenvalue weighted by Gasteiger charge is 2.31. The molecule has 12 rings (SSSR count). The largest absolute Gasteiger partial charge is 0.359 e. The predicted molar refractivity (Wildman–Crippen MR) is 380 cm³/mol. The lowest BCUT2D eigenvalue weighted by Crippen LogP contribution is -2.39. The van der Waals surface area contributed by atoms with Gasteiger partial charge in [-0.05, 0) is 176 Å². The molecule has 0 amide bonds. The highest BCUT2D eigenvalue weighted by atomic mass is 15.4. The monoisotopic (exact) mass is 1180 g/mol. The summed E-state index contributed by atoms with van der Waals surface area (Å²) in [5.74, 6) is 1.00. The van der Waals surface area contributed by atoms with Gasteiger partial charge < -0.3 is 49.0 Å². The van der Waals surface area contributed by atoms with Gasteiger partial charge in [-0.3, -0.25) is 0 Å². The third-order valence-corrected chi connectivity index (χ3v) is 17.7. The van der Waals surface area contributed by atoms with Gasteiger partial charge in [-0.15, -0.1) is 0 Å². The summed E-state index contributed by atoms with van der Waals surface area (Å²) < 4.78 is 0. The first-order valence-corrected chi connectivity index (χ1v) is 31.8. The molecule has 0 spiro atoms. The average Bonchev–Trinajstić information content (AvgIpc) is 2.97. The first-order chi connectivity index (χ1) is 42.2. The van der Waals surface area contributed by atoms with Crippen LogP contribution < -0.4 is 34.3 Å². The molecule has 5 heterocycles. The van der Waals surface area contributed by atoms with Crippen LogP contribution in [0.4, 0.5) is 39.8 Å². The third kappa shape index (κ3) is 15.0. The van der Waals surface area contributed by atoms with Crippen LogP contribution in [0, 0.1) is 34.6 Å². The zero-order valence-electron chi connectivity index (χ0n) is 56.0. The van der Waals surface area contributed by atoms with Gasteiger partial charge in [0, 0.05) is 122 Å². The van der Waals surface area contributed by atoms with Crippen molar-refractivity contribution in [2.75, 3.05) is 48.4 Å². The molecule has 0 saturated carbocycles. The second-order valence-corrected chi connectivity index (χ2v) is 24.7. The molecule has 0 fully saturated rings. The van der Waals surface area contributed by atoms with E-state index in [1.54, 1.807) is 0 Å². The zero-order chi connectivity index (χ0) is 63.3. The summed E-state index contributed by atoms with van der Waals surface area (Å²) in [7, 11) is 4.19.